The van der Waals surface area contributed by atoms with Crippen molar-refractivity contribution in [3.63, 3.8) is 0 Å². The van der Waals surface area contributed by atoms with Crippen LogP contribution < -0.4 is 0 Å². The van der Waals surface area contributed by atoms with E-state index in [-0.39, 0.29) is 5.69 Å². The first-order chi connectivity index (χ1) is 5.94. The molecule has 0 amide bonds. The molecule has 0 saturated heterocycles. The third kappa shape index (κ3) is 2.70. The van der Waals surface area contributed by atoms with E-state index in [0.717, 1.165) is 0 Å². The molecule has 74 valence electrons. The molecule has 0 aromatic carbocycles. The smallest absolute Gasteiger partial charge is 0.390 e. The molecular formula is C6H6BrF3N2O. The molecule has 0 fully saturated rings. The Morgan fingerprint density at radius 2 is 2.15 bits per heavy atom. The Morgan fingerprint density at radius 3 is 2.62 bits per heavy atom. The Morgan fingerprint density at radius 1 is 1.54 bits per heavy atom. The number of halogens is 4. The average Bonchev–Trinajstić information content (AvgIpc) is 2.28. The topological polar surface area (TPSA) is 38.1 Å². The van der Waals surface area contributed by atoms with Crippen LogP contribution in [0.15, 0.2) is 10.7 Å². The van der Waals surface area contributed by atoms with Crippen molar-refractivity contribution in [2.45, 2.75) is 19.3 Å². The van der Waals surface area contributed by atoms with Gasteiger partial charge in [-0.15, -0.1) is 0 Å². The van der Waals surface area contributed by atoms with Crippen LogP contribution in [-0.4, -0.2) is 21.1 Å². The van der Waals surface area contributed by atoms with Crippen molar-refractivity contribution in [2.75, 3.05) is 0 Å². The molecule has 0 atom stereocenters. The van der Waals surface area contributed by atoms with Gasteiger partial charge in [0.25, 0.3) is 0 Å². The van der Waals surface area contributed by atoms with E-state index in [1.807, 2.05) is 0 Å². The number of aromatic nitrogens is 2. The molecule has 1 aromatic heterocycles. The van der Waals surface area contributed by atoms with Crippen molar-refractivity contribution in [1.82, 2.24) is 9.78 Å². The van der Waals surface area contributed by atoms with Crippen LogP contribution in [0, 0.1) is 0 Å². The lowest BCUT2D eigenvalue weighted by Gasteiger charge is -2.08. The fraction of sp³-hybridized carbons (Fsp3) is 0.500. The van der Waals surface area contributed by atoms with E-state index in [4.69, 9.17) is 5.11 Å². The van der Waals surface area contributed by atoms with E-state index < -0.39 is 19.3 Å². The van der Waals surface area contributed by atoms with Gasteiger partial charge in [0.15, 0.2) is 0 Å². The highest BCUT2D eigenvalue weighted by Gasteiger charge is 2.29. The van der Waals surface area contributed by atoms with Crippen molar-refractivity contribution in [3.05, 3.63) is 16.4 Å². The predicted octanol–water partition coefficient (Wildman–Crippen LogP) is 1.70. The van der Waals surface area contributed by atoms with E-state index in [1.165, 1.54) is 6.20 Å². The zero-order valence-electron chi connectivity index (χ0n) is 6.35. The first kappa shape index (κ1) is 10.5. The molecular weight excluding hydrogens is 253 g/mol. The van der Waals surface area contributed by atoms with E-state index >= 15 is 0 Å². The molecule has 0 radical (unpaired) electrons. The minimum atomic E-state index is -4.32. The SMILES string of the molecule is OCc1c(Br)cnn1CC(F)(F)F. The summed E-state index contributed by atoms with van der Waals surface area (Å²) >= 11 is 2.97. The number of nitrogens with zero attached hydrogens (tertiary/aromatic N) is 2. The third-order valence-corrected chi connectivity index (χ3v) is 2.04. The number of hydrogen-bond donors (Lipinski definition) is 1. The lowest BCUT2D eigenvalue weighted by Crippen LogP contribution is -2.20. The second-order valence-electron chi connectivity index (χ2n) is 2.37. The molecule has 0 aliphatic carbocycles. The highest BCUT2D eigenvalue weighted by molar-refractivity contribution is 9.10. The lowest BCUT2D eigenvalue weighted by molar-refractivity contribution is -0.143. The summed E-state index contributed by atoms with van der Waals surface area (Å²) in [7, 11) is 0. The van der Waals surface area contributed by atoms with Crippen molar-refractivity contribution in [2.24, 2.45) is 0 Å². The Labute approximate surface area is 80.3 Å². The number of alkyl halides is 3. The number of aliphatic hydroxyl groups excluding tert-OH is 1. The summed E-state index contributed by atoms with van der Waals surface area (Å²) in [6.45, 7) is -1.66. The summed E-state index contributed by atoms with van der Waals surface area (Å²) in [5.74, 6) is 0. The van der Waals surface area contributed by atoms with Crippen molar-refractivity contribution in [3.8, 4) is 0 Å². The van der Waals surface area contributed by atoms with Crippen LogP contribution >= 0.6 is 15.9 Å². The number of aliphatic hydroxyl groups is 1. The van der Waals surface area contributed by atoms with Gasteiger partial charge in [-0.25, -0.2) is 0 Å². The summed E-state index contributed by atoms with van der Waals surface area (Å²) in [4.78, 5) is 0. The van der Waals surface area contributed by atoms with Crippen molar-refractivity contribution < 1.29 is 18.3 Å². The van der Waals surface area contributed by atoms with Gasteiger partial charge in [0.1, 0.15) is 6.54 Å². The zero-order chi connectivity index (χ0) is 10.1. The largest absolute Gasteiger partial charge is 0.408 e. The van der Waals surface area contributed by atoms with E-state index in [9.17, 15) is 13.2 Å². The normalized spacial score (nSPS) is 12.1. The maximum atomic E-state index is 11.9. The highest BCUT2D eigenvalue weighted by Crippen LogP contribution is 2.21. The van der Waals surface area contributed by atoms with Crippen LogP contribution in [-0.2, 0) is 13.2 Å². The molecule has 7 heteroatoms. The molecule has 0 spiro atoms. The van der Waals surface area contributed by atoms with Gasteiger partial charge in [0, 0.05) is 0 Å². The molecule has 0 unspecified atom stereocenters. The zero-order valence-corrected chi connectivity index (χ0v) is 7.93. The molecule has 0 saturated carbocycles. The van der Waals surface area contributed by atoms with Crippen LogP contribution in [0.3, 0.4) is 0 Å². The highest BCUT2D eigenvalue weighted by atomic mass is 79.9. The Balaban J connectivity index is 2.89. The number of hydrogen-bond acceptors (Lipinski definition) is 2. The van der Waals surface area contributed by atoms with Crippen molar-refractivity contribution in [1.29, 1.82) is 0 Å². The molecule has 1 N–H and O–H groups in total. The maximum absolute atomic E-state index is 11.9. The van der Waals surface area contributed by atoms with Gasteiger partial charge in [0.2, 0.25) is 0 Å². The molecule has 0 aliphatic rings. The monoisotopic (exact) mass is 258 g/mol. The fourth-order valence-electron chi connectivity index (χ4n) is 0.851. The second-order valence-corrected chi connectivity index (χ2v) is 3.22. The van der Waals surface area contributed by atoms with Crippen LogP contribution in [0.1, 0.15) is 5.69 Å². The molecule has 0 aliphatic heterocycles. The van der Waals surface area contributed by atoms with Gasteiger partial charge in [-0.2, -0.15) is 18.3 Å². The van der Waals surface area contributed by atoms with Gasteiger partial charge >= 0.3 is 6.18 Å². The minimum absolute atomic E-state index is 0.123. The molecule has 3 nitrogen and oxygen atoms in total. The Kier molecular flexibility index (Phi) is 2.97. The summed E-state index contributed by atoms with van der Waals surface area (Å²) in [5, 5.41) is 12.2. The van der Waals surface area contributed by atoms with Gasteiger partial charge in [-0.1, -0.05) is 0 Å². The van der Waals surface area contributed by atoms with Crippen LogP contribution in [0.2, 0.25) is 0 Å². The van der Waals surface area contributed by atoms with Gasteiger partial charge in [0.05, 0.1) is 23.0 Å². The molecule has 13 heavy (non-hydrogen) atoms. The van der Waals surface area contributed by atoms with E-state index in [2.05, 4.69) is 21.0 Å². The summed E-state index contributed by atoms with van der Waals surface area (Å²) in [5.41, 5.74) is 0.123. The van der Waals surface area contributed by atoms with E-state index in [0.29, 0.717) is 9.15 Å². The molecule has 0 bridgehead atoms. The van der Waals surface area contributed by atoms with Gasteiger partial charge in [-0.3, -0.25) is 4.68 Å². The molecule has 1 aromatic rings. The summed E-state index contributed by atoms with van der Waals surface area (Å²) in [6.07, 6.45) is -3.10. The van der Waals surface area contributed by atoms with E-state index in [1.54, 1.807) is 0 Å². The Hall–Kier alpha value is -0.560. The summed E-state index contributed by atoms with van der Waals surface area (Å²) < 4.78 is 36.8. The van der Waals surface area contributed by atoms with Gasteiger partial charge in [-0.05, 0) is 15.9 Å². The second kappa shape index (κ2) is 3.67. The first-order valence-corrected chi connectivity index (χ1v) is 4.11. The quantitative estimate of drug-likeness (QED) is 0.877. The molecule has 1 rings (SSSR count). The van der Waals surface area contributed by atoms with Crippen LogP contribution in [0.5, 0.6) is 0 Å². The summed E-state index contributed by atoms with van der Waals surface area (Å²) in [6, 6.07) is 0. The van der Waals surface area contributed by atoms with Crippen LogP contribution in [0.4, 0.5) is 13.2 Å². The fourth-order valence-corrected chi connectivity index (χ4v) is 1.27. The van der Waals surface area contributed by atoms with Gasteiger partial charge < -0.3 is 5.11 Å². The van der Waals surface area contributed by atoms with Crippen LogP contribution in [0.25, 0.3) is 0 Å². The maximum Gasteiger partial charge on any atom is 0.408 e. The third-order valence-electron chi connectivity index (χ3n) is 1.38. The molecule has 1 heterocycles. The standard InChI is InChI=1S/C6H6BrF3N2O/c7-4-1-11-12(5(4)2-13)3-6(8,9)10/h1,13H,2-3H2. The Bertz CT molecular complexity index is 297. The van der Waals surface area contributed by atoms with Crippen molar-refractivity contribution >= 4 is 15.9 Å². The predicted molar refractivity (Wildman–Crippen MR) is 41.9 cm³/mol. The first-order valence-electron chi connectivity index (χ1n) is 3.32. The lowest BCUT2D eigenvalue weighted by atomic mass is 10.4. The minimum Gasteiger partial charge on any atom is -0.390 e. The number of rotatable bonds is 2. The average molecular weight is 259 g/mol.